The van der Waals surface area contributed by atoms with Crippen LogP contribution in [0, 0.1) is 18.8 Å². The maximum Gasteiger partial charge on any atom is 0.251 e. The molecule has 1 amide bonds. The standard InChI is InChI=1S/C15H19NO2S/c1-11-6-7-13(5-4-8-17)9-14(11)15(18)16-12(2)10-19-3/h6-7,9,12,17H,8,10H2,1-3H3,(H,16,18). The van der Waals surface area contributed by atoms with E-state index in [-0.39, 0.29) is 18.6 Å². The number of amides is 1. The van der Waals surface area contributed by atoms with Crippen LogP contribution < -0.4 is 5.32 Å². The summed E-state index contributed by atoms with van der Waals surface area (Å²) < 4.78 is 0. The van der Waals surface area contributed by atoms with Crippen LogP contribution in [-0.2, 0) is 0 Å². The molecular formula is C15H19NO2S. The van der Waals surface area contributed by atoms with Crippen LogP contribution in [-0.4, -0.2) is 35.7 Å². The molecule has 1 aromatic rings. The van der Waals surface area contributed by atoms with Crippen molar-refractivity contribution in [3.8, 4) is 11.8 Å². The van der Waals surface area contributed by atoms with E-state index in [1.165, 1.54) is 0 Å². The second-order valence-electron chi connectivity index (χ2n) is 4.32. The SMILES string of the molecule is CSCC(C)NC(=O)c1cc(C#CCO)ccc1C. The van der Waals surface area contributed by atoms with Gasteiger partial charge >= 0.3 is 0 Å². The quantitative estimate of drug-likeness (QED) is 0.825. The second-order valence-corrected chi connectivity index (χ2v) is 5.23. The average Bonchev–Trinajstić information content (AvgIpc) is 2.37. The van der Waals surface area contributed by atoms with E-state index in [9.17, 15) is 4.79 Å². The number of aliphatic hydroxyl groups is 1. The zero-order valence-corrected chi connectivity index (χ0v) is 12.3. The highest BCUT2D eigenvalue weighted by Gasteiger charge is 2.12. The van der Waals surface area contributed by atoms with Gasteiger partial charge in [-0.2, -0.15) is 11.8 Å². The van der Waals surface area contributed by atoms with Gasteiger partial charge in [-0.25, -0.2) is 0 Å². The number of nitrogens with one attached hydrogen (secondary N) is 1. The number of rotatable bonds is 4. The van der Waals surface area contributed by atoms with Gasteiger partial charge in [0.05, 0.1) is 0 Å². The van der Waals surface area contributed by atoms with E-state index in [2.05, 4.69) is 17.2 Å². The van der Waals surface area contributed by atoms with E-state index < -0.39 is 0 Å². The predicted molar refractivity (Wildman–Crippen MR) is 80.5 cm³/mol. The highest BCUT2D eigenvalue weighted by Crippen LogP contribution is 2.11. The Labute approximate surface area is 118 Å². The van der Waals surface area contributed by atoms with E-state index in [1.807, 2.05) is 32.2 Å². The molecule has 1 atom stereocenters. The van der Waals surface area contributed by atoms with Crippen molar-refractivity contribution in [2.24, 2.45) is 0 Å². The van der Waals surface area contributed by atoms with Crippen LogP contribution in [0.4, 0.5) is 0 Å². The Balaban J connectivity index is 2.89. The van der Waals surface area contributed by atoms with Gasteiger partial charge in [0.1, 0.15) is 6.61 Å². The zero-order chi connectivity index (χ0) is 14.3. The monoisotopic (exact) mass is 277 g/mol. The summed E-state index contributed by atoms with van der Waals surface area (Å²) in [6.45, 7) is 3.71. The molecule has 102 valence electrons. The van der Waals surface area contributed by atoms with Gasteiger partial charge in [-0.15, -0.1) is 0 Å². The molecule has 0 spiro atoms. The van der Waals surface area contributed by atoms with Crippen molar-refractivity contribution in [2.75, 3.05) is 18.6 Å². The molecule has 0 saturated carbocycles. The third-order valence-corrected chi connectivity index (χ3v) is 3.42. The molecule has 1 unspecified atom stereocenters. The van der Waals surface area contributed by atoms with E-state index >= 15 is 0 Å². The summed E-state index contributed by atoms with van der Waals surface area (Å²) in [5.41, 5.74) is 2.29. The highest BCUT2D eigenvalue weighted by atomic mass is 32.2. The van der Waals surface area contributed by atoms with Crippen molar-refractivity contribution in [1.29, 1.82) is 0 Å². The van der Waals surface area contributed by atoms with Crippen LogP contribution >= 0.6 is 11.8 Å². The third kappa shape index (κ3) is 4.98. The zero-order valence-electron chi connectivity index (χ0n) is 11.5. The summed E-state index contributed by atoms with van der Waals surface area (Å²) >= 11 is 1.70. The van der Waals surface area contributed by atoms with E-state index in [4.69, 9.17) is 5.11 Å². The molecular weight excluding hydrogens is 258 g/mol. The number of benzene rings is 1. The van der Waals surface area contributed by atoms with Gasteiger partial charge in [0.2, 0.25) is 0 Å². The number of aliphatic hydroxyl groups excluding tert-OH is 1. The van der Waals surface area contributed by atoms with E-state index in [0.29, 0.717) is 5.56 Å². The van der Waals surface area contributed by atoms with Gasteiger partial charge in [-0.3, -0.25) is 4.79 Å². The molecule has 2 N–H and O–H groups in total. The minimum atomic E-state index is -0.180. The predicted octanol–water partition coefficient (Wildman–Crippen LogP) is 1.82. The number of carbonyl (C=O) groups is 1. The first-order valence-electron chi connectivity index (χ1n) is 6.08. The largest absolute Gasteiger partial charge is 0.384 e. The fraction of sp³-hybridized carbons (Fsp3) is 0.400. The molecule has 0 aliphatic carbocycles. The lowest BCUT2D eigenvalue weighted by atomic mass is 10.0. The lowest BCUT2D eigenvalue weighted by Gasteiger charge is -2.13. The molecule has 0 fully saturated rings. The van der Waals surface area contributed by atoms with Crippen LogP contribution in [0.1, 0.15) is 28.4 Å². The Morgan fingerprint density at radius 2 is 2.26 bits per heavy atom. The molecule has 0 aromatic heterocycles. The number of hydrogen-bond acceptors (Lipinski definition) is 3. The van der Waals surface area contributed by atoms with Crippen molar-refractivity contribution < 1.29 is 9.90 Å². The van der Waals surface area contributed by atoms with Crippen molar-refractivity contribution >= 4 is 17.7 Å². The maximum absolute atomic E-state index is 12.2. The smallest absolute Gasteiger partial charge is 0.251 e. The van der Waals surface area contributed by atoms with Gasteiger partial charge in [0, 0.05) is 22.9 Å². The van der Waals surface area contributed by atoms with Crippen molar-refractivity contribution in [3.63, 3.8) is 0 Å². The molecule has 19 heavy (non-hydrogen) atoms. The number of carbonyl (C=O) groups excluding carboxylic acids is 1. The molecule has 0 aliphatic heterocycles. The Kier molecular flexibility index (Phi) is 6.48. The molecule has 3 nitrogen and oxygen atoms in total. The van der Waals surface area contributed by atoms with Crippen molar-refractivity contribution in [1.82, 2.24) is 5.32 Å². The van der Waals surface area contributed by atoms with Crippen molar-refractivity contribution in [2.45, 2.75) is 19.9 Å². The van der Waals surface area contributed by atoms with Gasteiger partial charge in [-0.05, 0) is 37.8 Å². The molecule has 0 radical (unpaired) electrons. The van der Waals surface area contributed by atoms with Gasteiger partial charge in [-0.1, -0.05) is 17.9 Å². The van der Waals surface area contributed by atoms with Gasteiger partial charge < -0.3 is 10.4 Å². The van der Waals surface area contributed by atoms with Gasteiger partial charge in [0.25, 0.3) is 5.91 Å². The minimum Gasteiger partial charge on any atom is -0.384 e. The summed E-state index contributed by atoms with van der Waals surface area (Å²) in [4.78, 5) is 12.2. The first-order chi connectivity index (χ1) is 9.08. The Morgan fingerprint density at radius 3 is 2.89 bits per heavy atom. The van der Waals surface area contributed by atoms with Crippen LogP contribution in [0.15, 0.2) is 18.2 Å². The Bertz CT molecular complexity index is 503. The summed E-state index contributed by atoms with van der Waals surface area (Å²) in [5, 5.41) is 11.6. The molecule has 0 saturated heterocycles. The molecule has 0 bridgehead atoms. The summed E-state index contributed by atoms with van der Waals surface area (Å²) in [7, 11) is 0. The number of aryl methyl sites for hydroxylation is 1. The molecule has 0 aliphatic rings. The first kappa shape index (κ1) is 15.6. The van der Waals surface area contributed by atoms with E-state index in [0.717, 1.165) is 16.9 Å². The van der Waals surface area contributed by atoms with Crippen molar-refractivity contribution in [3.05, 3.63) is 34.9 Å². The Morgan fingerprint density at radius 1 is 1.53 bits per heavy atom. The topological polar surface area (TPSA) is 49.3 Å². The lowest BCUT2D eigenvalue weighted by Crippen LogP contribution is -2.34. The third-order valence-electron chi connectivity index (χ3n) is 2.59. The fourth-order valence-corrected chi connectivity index (χ4v) is 2.26. The van der Waals surface area contributed by atoms with Crippen LogP contribution in [0.2, 0.25) is 0 Å². The van der Waals surface area contributed by atoms with E-state index in [1.54, 1.807) is 17.8 Å². The summed E-state index contributed by atoms with van der Waals surface area (Å²) in [6, 6.07) is 5.61. The normalized spacial score (nSPS) is 11.4. The van der Waals surface area contributed by atoms with Gasteiger partial charge in [0.15, 0.2) is 0 Å². The molecule has 0 heterocycles. The lowest BCUT2D eigenvalue weighted by molar-refractivity contribution is 0.0943. The molecule has 4 heteroatoms. The summed E-state index contributed by atoms with van der Waals surface area (Å²) in [5.74, 6) is 6.20. The molecule has 1 rings (SSSR count). The average molecular weight is 277 g/mol. The van der Waals surface area contributed by atoms with Crippen LogP contribution in [0.5, 0.6) is 0 Å². The highest BCUT2D eigenvalue weighted by molar-refractivity contribution is 7.98. The first-order valence-corrected chi connectivity index (χ1v) is 7.48. The number of hydrogen-bond donors (Lipinski definition) is 2. The number of thioether (sulfide) groups is 1. The Hall–Kier alpha value is -1.44. The fourth-order valence-electron chi connectivity index (χ4n) is 1.68. The molecule has 1 aromatic carbocycles. The maximum atomic E-state index is 12.2. The summed E-state index contributed by atoms with van der Waals surface area (Å²) in [6.07, 6.45) is 2.01. The van der Waals surface area contributed by atoms with Crippen LogP contribution in [0.25, 0.3) is 0 Å². The minimum absolute atomic E-state index is 0.0771. The second kappa shape index (κ2) is 7.88. The van der Waals surface area contributed by atoms with Crippen LogP contribution in [0.3, 0.4) is 0 Å².